The van der Waals surface area contributed by atoms with E-state index in [-0.39, 0.29) is 0 Å². The standard InChI is InChI=1S/C9H14/c1-4-7-8-9(5-2)6-3/h5-8H,2,4H2,1,3H3. The Kier molecular flexibility index (Phi) is 4.89. The first-order chi connectivity index (χ1) is 4.35. The zero-order valence-electron chi connectivity index (χ0n) is 6.22. The molecule has 0 amide bonds. The Morgan fingerprint density at radius 3 is 2.56 bits per heavy atom. The van der Waals surface area contributed by atoms with Gasteiger partial charge in [-0.05, 0) is 18.9 Å². The first-order valence-electron chi connectivity index (χ1n) is 3.30. The van der Waals surface area contributed by atoms with Gasteiger partial charge in [0.25, 0.3) is 0 Å². The lowest BCUT2D eigenvalue weighted by molar-refractivity contribution is 1.22. The number of allylic oxidation sites excluding steroid dienone is 5. The summed E-state index contributed by atoms with van der Waals surface area (Å²) in [4.78, 5) is 0. The maximum Gasteiger partial charge on any atom is -0.0308 e. The molecule has 0 aliphatic heterocycles. The van der Waals surface area contributed by atoms with Crippen LogP contribution in [0.1, 0.15) is 20.3 Å². The second-order valence-corrected chi connectivity index (χ2v) is 1.80. The molecule has 0 aliphatic carbocycles. The smallest absolute Gasteiger partial charge is 0.0308 e. The zero-order valence-corrected chi connectivity index (χ0v) is 6.22. The van der Waals surface area contributed by atoms with Gasteiger partial charge in [0.1, 0.15) is 0 Å². The molecular formula is C9H14. The first kappa shape index (κ1) is 8.22. The summed E-state index contributed by atoms with van der Waals surface area (Å²) in [5, 5.41) is 0. The van der Waals surface area contributed by atoms with Gasteiger partial charge in [0.15, 0.2) is 0 Å². The molecule has 50 valence electrons. The van der Waals surface area contributed by atoms with Crippen molar-refractivity contribution >= 4 is 0 Å². The van der Waals surface area contributed by atoms with Crippen LogP contribution in [0.3, 0.4) is 0 Å². The molecule has 0 aromatic rings. The van der Waals surface area contributed by atoms with Crippen molar-refractivity contribution < 1.29 is 0 Å². The number of rotatable bonds is 3. The summed E-state index contributed by atoms with van der Waals surface area (Å²) in [7, 11) is 0. The molecule has 9 heavy (non-hydrogen) atoms. The Morgan fingerprint density at radius 1 is 1.56 bits per heavy atom. The highest BCUT2D eigenvalue weighted by Gasteiger charge is 1.76. The molecule has 0 aromatic carbocycles. The zero-order chi connectivity index (χ0) is 7.11. The Balaban J connectivity index is 3.84. The van der Waals surface area contributed by atoms with Crippen molar-refractivity contribution in [3.63, 3.8) is 0 Å². The summed E-state index contributed by atoms with van der Waals surface area (Å²) >= 11 is 0. The van der Waals surface area contributed by atoms with Crippen molar-refractivity contribution in [1.29, 1.82) is 0 Å². The van der Waals surface area contributed by atoms with Gasteiger partial charge in [0.05, 0.1) is 0 Å². The third-order valence-electron chi connectivity index (χ3n) is 1.12. The summed E-state index contributed by atoms with van der Waals surface area (Å²) in [6, 6.07) is 0. The van der Waals surface area contributed by atoms with Crippen molar-refractivity contribution in [2.45, 2.75) is 20.3 Å². The van der Waals surface area contributed by atoms with Gasteiger partial charge in [-0.2, -0.15) is 0 Å². The van der Waals surface area contributed by atoms with Gasteiger partial charge < -0.3 is 0 Å². The largest absolute Gasteiger partial charge is 0.0985 e. The predicted molar refractivity (Wildman–Crippen MR) is 43.4 cm³/mol. The van der Waals surface area contributed by atoms with Crippen LogP contribution in [0.5, 0.6) is 0 Å². The fraction of sp³-hybridized carbons (Fsp3) is 0.333. The predicted octanol–water partition coefficient (Wildman–Crippen LogP) is 3.08. The van der Waals surface area contributed by atoms with E-state index in [2.05, 4.69) is 25.7 Å². The third kappa shape index (κ3) is 3.77. The van der Waals surface area contributed by atoms with E-state index in [4.69, 9.17) is 0 Å². The molecule has 0 spiro atoms. The Bertz CT molecular complexity index is 127. The molecule has 0 heterocycles. The van der Waals surface area contributed by atoms with Crippen LogP contribution in [0.15, 0.2) is 36.5 Å². The van der Waals surface area contributed by atoms with Crippen molar-refractivity contribution in [2.75, 3.05) is 0 Å². The van der Waals surface area contributed by atoms with Gasteiger partial charge in [0.2, 0.25) is 0 Å². The topological polar surface area (TPSA) is 0 Å². The maximum absolute atomic E-state index is 3.67. The van der Waals surface area contributed by atoms with Crippen molar-refractivity contribution in [3.05, 3.63) is 36.5 Å². The summed E-state index contributed by atoms with van der Waals surface area (Å²) in [5.41, 5.74) is 1.19. The third-order valence-corrected chi connectivity index (χ3v) is 1.12. The highest BCUT2D eigenvalue weighted by molar-refractivity contribution is 5.27. The van der Waals surface area contributed by atoms with Gasteiger partial charge in [-0.1, -0.05) is 37.8 Å². The van der Waals surface area contributed by atoms with E-state index in [0.29, 0.717) is 0 Å². The molecule has 0 unspecified atom stereocenters. The van der Waals surface area contributed by atoms with E-state index < -0.39 is 0 Å². The summed E-state index contributed by atoms with van der Waals surface area (Å²) in [6.07, 6.45) is 9.18. The molecule has 0 aliphatic rings. The molecule has 0 heteroatoms. The summed E-state index contributed by atoms with van der Waals surface area (Å²) in [6.45, 7) is 7.79. The van der Waals surface area contributed by atoms with Crippen LogP contribution < -0.4 is 0 Å². The minimum Gasteiger partial charge on any atom is -0.0985 e. The monoisotopic (exact) mass is 122 g/mol. The maximum atomic E-state index is 3.67. The minimum atomic E-state index is 1.09. The lowest BCUT2D eigenvalue weighted by atomic mass is 10.2. The fourth-order valence-corrected chi connectivity index (χ4v) is 0.536. The van der Waals surface area contributed by atoms with Gasteiger partial charge >= 0.3 is 0 Å². The number of hydrogen-bond acceptors (Lipinski definition) is 0. The van der Waals surface area contributed by atoms with E-state index in [1.165, 1.54) is 5.57 Å². The average molecular weight is 122 g/mol. The normalized spacial score (nSPS) is 12.4. The molecule has 0 rings (SSSR count). The Hall–Kier alpha value is -0.780. The Labute approximate surface area is 57.6 Å². The number of hydrogen-bond donors (Lipinski definition) is 0. The van der Waals surface area contributed by atoms with Gasteiger partial charge in [-0.15, -0.1) is 0 Å². The van der Waals surface area contributed by atoms with Crippen molar-refractivity contribution in [1.82, 2.24) is 0 Å². The molecule has 0 bridgehead atoms. The van der Waals surface area contributed by atoms with E-state index >= 15 is 0 Å². The highest BCUT2D eigenvalue weighted by atomic mass is 13.8. The van der Waals surface area contributed by atoms with Crippen molar-refractivity contribution in [3.8, 4) is 0 Å². The van der Waals surface area contributed by atoms with E-state index in [1.54, 1.807) is 0 Å². The second-order valence-electron chi connectivity index (χ2n) is 1.80. The lowest BCUT2D eigenvalue weighted by Gasteiger charge is -1.86. The fourth-order valence-electron chi connectivity index (χ4n) is 0.536. The van der Waals surface area contributed by atoms with E-state index in [9.17, 15) is 0 Å². The van der Waals surface area contributed by atoms with Crippen LogP contribution in [0.4, 0.5) is 0 Å². The van der Waals surface area contributed by atoms with Crippen LogP contribution in [0.25, 0.3) is 0 Å². The van der Waals surface area contributed by atoms with Crippen LogP contribution in [-0.2, 0) is 0 Å². The SMILES string of the molecule is C=CC(C=CCC)=CC. The minimum absolute atomic E-state index is 1.09. The van der Waals surface area contributed by atoms with Crippen molar-refractivity contribution in [2.24, 2.45) is 0 Å². The van der Waals surface area contributed by atoms with Gasteiger partial charge in [-0.25, -0.2) is 0 Å². The summed E-state index contributed by atoms with van der Waals surface area (Å²) < 4.78 is 0. The molecular weight excluding hydrogens is 108 g/mol. The molecule has 0 saturated carbocycles. The van der Waals surface area contributed by atoms with Gasteiger partial charge in [0, 0.05) is 0 Å². The average Bonchev–Trinajstić information content (AvgIpc) is 1.91. The molecule has 0 fully saturated rings. The highest BCUT2D eigenvalue weighted by Crippen LogP contribution is 1.97. The summed E-state index contributed by atoms with van der Waals surface area (Å²) in [5.74, 6) is 0. The first-order valence-corrected chi connectivity index (χ1v) is 3.30. The van der Waals surface area contributed by atoms with Crippen LogP contribution in [-0.4, -0.2) is 0 Å². The molecule has 0 aromatic heterocycles. The van der Waals surface area contributed by atoms with E-state index in [1.807, 2.05) is 19.1 Å². The molecule has 0 nitrogen and oxygen atoms in total. The van der Waals surface area contributed by atoms with Crippen LogP contribution in [0.2, 0.25) is 0 Å². The quantitative estimate of drug-likeness (QED) is 0.504. The molecule has 0 N–H and O–H groups in total. The molecule has 0 radical (unpaired) electrons. The lowest BCUT2D eigenvalue weighted by Crippen LogP contribution is -1.65. The molecule has 0 atom stereocenters. The second kappa shape index (κ2) is 5.36. The van der Waals surface area contributed by atoms with Crippen LogP contribution in [0, 0.1) is 0 Å². The van der Waals surface area contributed by atoms with Gasteiger partial charge in [-0.3, -0.25) is 0 Å². The Morgan fingerprint density at radius 2 is 2.22 bits per heavy atom. The van der Waals surface area contributed by atoms with Crippen LogP contribution >= 0.6 is 0 Å². The molecule has 0 saturated heterocycles. The van der Waals surface area contributed by atoms with E-state index in [0.717, 1.165) is 6.42 Å².